The molecule has 8 heteroatoms. The topological polar surface area (TPSA) is 0 Å². The largest absolute Gasteiger partial charge is 0.357 e. The lowest BCUT2D eigenvalue weighted by atomic mass is 9.53. The second-order valence-electron chi connectivity index (χ2n) is 3.09. The van der Waals surface area contributed by atoms with Gasteiger partial charge in [-0.05, 0) is 0 Å². The first-order chi connectivity index (χ1) is 6.07. The fourth-order valence-electron chi connectivity index (χ4n) is 1.62. The van der Waals surface area contributed by atoms with Crippen molar-refractivity contribution < 1.29 is 35.1 Å². The highest BCUT2D eigenvalue weighted by Crippen LogP contribution is 2.78. The van der Waals surface area contributed by atoms with Gasteiger partial charge in [0.05, 0.1) is 0 Å². The summed E-state index contributed by atoms with van der Waals surface area (Å²) in [5.74, 6) is -16.7. The SMILES string of the molecule is FC1=C(F)C2(F)C(F)(F)C(F)(F)C12F. The number of hydrogen-bond donors (Lipinski definition) is 0. The van der Waals surface area contributed by atoms with E-state index in [1.54, 1.807) is 0 Å². The Morgan fingerprint density at radius 3 is 1.00 bits per heavy atom. The Bertz CT molecular complexity index is 323. The molecule has 0 aliphatic heterocycles. The summed E-state index contributed by atoms with van der Waals surface area (Å²) in [7, 11) is 0. The summed E-state index contributed by atoms with van der Waals surface area (Å²) in [6, 6.07) is 0. The van der Waals surface area contributed by atoms with E-state index in [0.29, 0.717) is 0 Å². The second-order valence-corrected chi connectivity index (χ2v) is 3.09. The van der Waals surface area contributed by atoms with Gasteiger partial charge in [-0.3, -0.25) is 0 Å². The second kappa shape index (κ2) is 1.79. The van der Waals surface area contributed by atoms with E-state index in [1.165, 1.54) is 0 Å². The van der Waals surface area contributed by atoms with Gasteiger partial charge in [-0.25, -0.2) is 17.6 Å². The van der Waals surface area contributed by atoms with Gasteiger partial charge in [-0.2, -0.15) is 17.6 Å². The fraction of sp³-hybridized carbons (Fsp3) is 0.667. The quantitative estimate of drug-likeness (QED) is 0.555. The Hall–Kier alpha value is -0.820. The Labute approximate surface area is 71.2 Å². The van der Waals surface area contributed by atoms with Crippen LogP contribution in [0.4, 0.5) is 35.1 Å². The summed E-state index contributed by atoms with van der Waals surface area (Å²) in [5, 5.41) is 0. The van der Waals surface area contributed by atoms with E-state index < -0.39 is 34.8 Å². The van der Waals surface area contributed by atoms with E-state index in [-0.39, 0.29) is 0 Å². The molecule has 0 aromatic heterocycles. The molecule has 14 heavy (non-hydrogen) atoms. The van der Waals surface area contributed by atoms with E-state index in [1.807, 2.05) is 0 Å². The minimum atomic E-state index is -5.56. The Morgan fingerprint density at radius 2 is 0.786 bits per heavy atom. The van der Waals surface area contributed by atoms with Crippen LogP contribution in [0.1, 0.15) is 0 Å². The van der Waals surface area contributed by atoms with Gasteiger partial charge in [-0.15, -0.1) is 0 Å². The Kier molecular flexibility index (Phi) is 1.24. The molecule has 0 aromatic rings. The Balaban J connectivity index is 2.65. The molecule has 0 nitrogen and oxygen atoms in total. The molecule has 0 heterocycles. The normalized spacial score (nSPS) is 48.0. The molecule has 0 amide bonds. The summed E-state index contributed by atoms with van der Waals surface area (Å²) < 4.78 is 98.8. The van der Waals surface area contributed by atoms with Crippen molar-refractivity contribution in [3.8, 4) is 0 Å². The van der Waals surface area contributed by atoms with Gasteiger partial charge < -0.3 is 0 Å². The lowest BCUT2D eigenvalue weighted by Gasteiger charge is -2.61. The third kappa shape index (κ3) is 0.442. The first-order valence-corrected chi connectivity index (χ1v) is 3.26. The maximum absolute atomic E-state index is 12.7. The smallest absolute Gasteiger partial charge is 0.225 e. The minimum Gasteiger partial charge on any atom is -0.225 e. The molecule has 0 saturated heterocycles. The van der Waals surface area contributed by atoms with Crippen molar-refractivity contribution >= 4 is 0 Å². The molecule has 0 spiro atoms. The van der Waals surface area contributed by atoms with Crippen LogP contribution in [0.3, 0.4) is 0 Å². The fourth-order valence-corrected chi connectivity index (χ4v) is 1.62. The summed E-state index contributed by atoms with van der Waals surface area (Å²) >= 11 is 0. The van der Waals surface area contributed by atoms with Gasteiger partial charge in [-0.1, -0.05) is 0 Å². The lowest BCUT2D eigenvalue weighted by molar-refractivity contribution is -0.438. The summed E-state index contributed by atoms with van der Waals surface area (Å²) in [5.41, 5.74) is -9.71. The van der Waals surface area contributed by atoms with E-state index in [4.69, 9.17) is 0 Å². The highest BCUT2D eigenvalue weighted by Gasteiger charge is 3.06. The molecule has 2 unspecified atom stereocenters. The zero-order chi connectivity index (χ0) is 11.2. The molecule has 1 fully saturated rings. The van der Waals surface area contributed by atoms with Crippen molar-refractivity contribution in [3.63, 3.8) is 0 Å². The average Bonchev–Trinajstić information content (AvgIpc) is 2.11. The molecule has 0 bridgehead atoms. The van der Waals surface area contributed by atoms with Crippen LogP contribution in [0.5, 0.6) is 0 Å². The molecule has 0 radical (unpaired) electrons. The van der Waals surface area contributed by atoms with Crippen molar-refractivity contribution in [2.24, 2.45) is 0 Å². The van der Waals surface area contributed by atoms with Gasteiger partial charge in [0.25, 0.3) is 11.3 Å². The molecule has 80 valence electrons. The molecular weight excluding hydrogens is 224 g/mol. The zero-order valence-corrected chi connectivity index (χ0v) is 6.02. The molecule has 0 N–H and O–H groups in total. The minimum absolute atomic E-state index is 2.80. The highest BCUT2D eigenvalue weighted by atomic mass is 19.3. The number of rotatable bonds is 0. The van der Waals surface area contributed by atoms with Gasteiger partial charge in [0.15, 0.2) is 11.7 Å². The van der Waals surface area contributed by atoms with Gasteiger partial charge in [0.2, 0.25) is 0 Å². The molecule has 1 saturated carbocycles. The summed E-state index contributed by atoms with van der Waals surface area (Å²) in [6.07, 6.45) is 0. The van der Waals surface area contributed by atoms with Crippen molar-refractivity contribution in [1.29, 1.82) is 0 Å². The van der Waals surface area contributed by atoms with E-state index in [9.17, 15) is 35.1 Å². The number of allylic oxidation sites excluding steroid dienone is 2. The third-order valence-electron chi connectivity index (χ3n) is 2.53. The molecular formula is C6F8. The van der Waals surface area contributed by atoms with Crippen molar-refractivity contribution in [2.75, 3.05) is 0 Å². The van der Waals surface area contributed by atoms with Crippen LogP contribution in [-0.2, 0) is 0 Å². The number of fused-ring (bicyclic) bond motifs is 1. The third-order valence-corrected chi connectivity index (χ3v) is 2.53. The van der Waals surface area contributed by atoms with Crippen LogP contribution < -0.4 is 0 Å². The van der Waals surface area contributed by atoms with Crippen LogP contribution in [0.15, 0.2) is 11.7 Å². The first-order valence-electron chi connectivity index (χ1n) is 3.26. The van der Waals surface area contributed by atoms with Crippen LogP contribution >= 0.6 is 0 Å². The monoisotopic (exact) mass is 224 g/mol. The lowest BCUT2D eigenvalue weighted by Crippen LogP contribution is -2.90. The van der Waals surface area contributed by atoms with E-state index >= 15 is 0 Å². The number of alkyl halides is 6. The van der Waals surface area contributed by atoms with Crippen molar-refractivity contribution in [3.05, 3.63) is 11.7 Å². The van der Waals surface area contributed by atoms with Gasteiger partial charge in [0.1, 0.15) is 0 Å². The predicted octanol–water partition coefficient (Wildman–Crippen LogP) is 2.85. The average molecular weight is 224 g/mol. The van der Waals surface area contributed by atoms with Crippen molar-refractivity contribution in [2.45, 2.75) is 23.2 Å². The van der Waals surface area contributed by atoms with Crippen LogP contribution in [0, 0.1) is 0 Å². The molecule has 2 aliphatic carbocycles. The maximum atomic E-state index is 12.7. The van der Waals surface area contributed by atoms with E-state index in [2.05, 4.69) is 0 Å². The molecule has 2 aliphatic rings. The van der Waals surface area contributed by atoms with Gasteiger partial charge >= 0.3 is 11.8 Å². The number of hydrogen-bond acceptors (Lipinski definition) is 0. The highest BCUT2D eigenvalue weighted by molar-refractivity contribution is 5.57. The van der Waals surface area contributed by atoms with E-state index in [0.717, 1.165) is 0 Å². The van der Waals surface area contributed by atoms with Gasteiger partial charge in [0, 0.05) is 0 Å². The summed E-state index contributed by atoms with van der Waals surface area (Å²) in [4.78, 5) is 0. The first kappa shape index (κ1) is 9.72. The van der Waals surface area contributed by atoms with Crippen LogP contribution in [0.25, 0.3) is 0 Å². The predicted molar refractivity (Wildman–Crippen MR) is 26.8 cm³/mol. The van der Waals surface area contributed by atoms with Crippen LogP contribution in [0.2, 0.25) is 0 Å². The maximum Gasteiger partial charge on any atom is 0.357 e. The molecule has 2 rings (SSSR count). The standard InChI is InChI=1S/C6F8/c7-1-2(8)4(10)3(1,9)5(11,12)6(4,13)14. The Morgan fingerprint density at radius 1 is 0.571 bits per heavy atom. The van der Waals surface area contributed by atoms with Crippen molar-refractivity contribution in [1.82, 2.24) is 0 Å². The van der Waals surface area contributed by atoms with Crippen LogP contribution in [-0.4, -0.2) is 23.2 Å². The summed E-state index contributed by atoms with van der Waals surface area (Å²) in [6.45, 7) is 0. The number of halogens is 8. The molecule has 0 aromatic carbocycles. The zero-order valence-electron chi connectivity index (χ0n) is 6.02. The molecule has 2 atom stereocenters.